The Labute approximate surface area is 243 Å². The molecule has 8 nitrogen and oxygen atoms in total. The van der Waals surface area contributed by atoms with Crippen molar-refractivity contribution in [3.8, 4) is 0 Å². The smallest absolute Gasteiger partial charge is 0.410 e. The van der Waals surface area contributed by atoms with E-state index in [0.29, 0.717) is 25.0 Å². The Hall–Kier alpha value is -3.39. The number of rotatable bonds is 6. The molecule has 6 rings (SSSR count). The highest BCUT2D eigenvalue weighted by atomic mass is 16.6. The summed E-state index contributed by atoms with van der Waals surface area (Å²) in [6.07, 6.45) is 5.55. The first-order valence-electron chi connectivity index (χ1n) is 15.1. The summed E-state index contributed by atoms with van der Waals surface area (Å²) in [5.41, 5.74) is 4.65. The minimum atomic E-state index is -0.532. The number of nitrogens with one attached hydrogen (secondary N) is 3. The van der Waals surface area contributed by atoms with Crippen LogP contribution in [0.4, 0.5) is 4.79 Å². The van der Waals surface area contributed by atoms with Crippen molar-refractivity contribution in [2.45, 2.75) is 90.1 Å². The summed E-state index contributed by atoms with van der Waals surface area (Å²) >= 11 is 0. The Kier molecular flexibility index (Phi) is 8.97. The maximum atomic E-state index is 12.6. The largest absolute Gasteiger partial charge is 0.444 e. The van der Waals surface area contributed by atoms with E-state index >= 15 is 0 Å². The molecular weight excluding hydrogens is 516 g/mol. The minimum absolute atomic E-state index is 0.0718. The van der Waals surface area contributed by atoms with Gasteiger partial charge >= 0.3 is 6.09 Å². The molecule has 2 aliphatic carbocycles. The number of amides is 3. The molecule has 2 saturated carbocycles. The van der Waals surface area contributed by atoms with Gasteiger partial charge in [-0.1, -0.05) is 48.5 Å². The van der Waals surface area contributed by atoms with E-state index in [0.717, 1.165) is 57.2 Å². The fourth-order valence-corrected chi connectivity index (χ4v) is 5.39. The quantitative estimate of drug-likeness (QED) is 0.494. The summed E-state index contributed by atoms with van der Waals surface area (Å²) in [7, 11) is 0. The summed E-state index contributed by atoms with van der Waals surface area (Å²) in [6, 6.07) is 17.0. The molecular formula is C33H44N4O4. The van der Waals surface area contributed by atoms with Gasteiger partial charge in [0.2, 0.25) is 11.8 Å². The van der Waals surface area contributed by atoms with Gasteiger partial charge in [0.15, 0.2) is 0 Å². The second-order valence-corrected chi connectivity index (χ2v) is 12.8. The molecule has 2 atom stereocenters. The third-order valence-corrected chi connectivity index (χ3v) is 8.08. The molecule has 8 heteroatoms. The zero-order valence-electron chi connectivity index (χ0n) is 24.6. The third-order valence-electron chi connectivity index (χ3n) is 8.08. The molecule has 2 aliphatic heterocycles. The van der Waals surface area contributed by atoms with Gasteiger partial charge in [-0.15, -0.1) is 0 Å². The Morgan fingerprint density at radius 2 is 1.34 bits per heavy atom. The fraction of sp³-hybridized carbons (Fsp3) is 0.545. The molecule has 220 valence electrons. The van der Waals surface area contributed by atoms with E-state index < -0.39 is 5.60 Å². The summed E-state index contributed by atoms with van der Waals surface area (Å²) in [4.78, 5) is 37.9. The van der Waals surface area contributed by atoms with Gasteiger partial charge in [0.1, 0.15) is 5.60 Å². The zero-order chi connectivity index (χ0) is 29.0. The molecule has 0 spiro atoms. The van der Waals surface area contributed by atoms with Crippen LogP contribution < -0.4 is 16.0 Å². The van der Waals surface area contributed by atoms with Crippen molar-refractivity contribution in [3.63, 3.8) is 0 Å². The van der Waals surface area contributed by atoms with Crippen molar-refractivity contribution in [3.05, 3.63) is 70.8 Å². The molecule has 0 bridgehead atoms. The van der Waals surface area contributed by atoms with Crippen LogP contribution in [-0.2, 0) is 40.3 Å². The van der Waals surface area contributed by atoms with Crippen LogP contribution >= 0.6 is 0 Å². The summed E-state index contributed by atoms with van der Waals surface area (Å²) in [5.74, 6) is 0.838. The SMILES string of the molecule is CC(C)(C)OC(=O)N1Cc2ccccc2C[C@H]1CNC(=O)C1CC1.O=C(NC[C@@H]1Cc2ccccc2CN1)C1CC1. The van der Waals surface area contributed by atoms with Crippen LogP contribution in [-0.4, -0.2) is 53.6 Å². The molecule has 3 amide bonds. The van der Waals surface area contributed by atoms with Gasteiger partial charge in [-0.3, -0.25) is 14.5 Å². The Balaban J connectivity index is 0.000000174. The van der Waals surface area contributed by atoms with E-state index in [1.54, 1.807) is 4.90 Å². The number of carbonyl (C=O) groups excluding carboxylic acids is 3. The van der Waals surface area contributed by atoms with E-state index in [-0.39, 0.29) is 29.9 Å². The van der Waals surface area contributed by atoms with Crippen LogP contribution in [0.15, 0.2) is 48.5 Å². The van der Waals surface area contributed by atoms with Gasteiger partial charge < -0.3 is 20.7 Å². The van der Waals surface area contributed by atoms with Crippen LogP contribution in [0.1, 0.15) is 68.7 Å². The third kappa shape index (κ3) is 8.32. The summed E-state index contributed by atoms with van der Waals surface area (Å²) in [5, 5.41) is 9.52. The molecule has 0 unspecified atom stereocenters. The lowest BCUT2D eigenvalue weighted by Gasteiger charge is -2.37. The second-order valence-electron chi connectivity index (χ2n) is 12.8. The van der Waals surface area contributed by atoms with E-state index in [1.165, 1.54) is 16.7 Å². The minimum Gasteiger partial charge on any atom is -0.444 e. The average molecular weight is 561 g/mol. The van der Waals surface area contributed by atoms with Crippen LogP contribution in [0.25, 0.3) is 0 Å². The average Bonchev–Trinajstić information content (AvgIpc) is 3.87. The maximum absolute atomic E-state index is 12.6. The normalized spacial score (nSPS) is 21.4. The Morgan fingerprint density at radius 1 is 0.805 bits per heavy atom. The van der Waals surface area contributed by atoms with Gasteiger partial charge in [-0.2, -0.15) is 0 Å². The number of fused-ring (bicyclic) bond motifs is 2. The molecule has 0 radical (unpaired) electrons. The highest BCUT2D eigenvalue weighted by Gasteiger charge is 2.35. The molecule has 41 heavy (non-hydrogen) atoms. The Bertz CT molecular complexity index is 1250. The lowest BCUT2D eigenvalue weighted by atomic mass is 9.94. The standard InChI is InChI=1S/C19H26N2O3.C14H18N2O/c1-19(2,3)24-18(23)21-12-15-7-5-4-6-14(15)10-16(21)11-20-17(22)13-8-9-13;17-14(10-5-6-10)16-9-13-7-11-3-1-2-4-12(11)8-15-13/h4-7,13,16H,8-12H2,1-3H3,(H,20,22);1-4,10,13,15H,5-9H2,(H,16,17)/t16-;13-/m00/s1. The maximum Gasteiger partial charge on any atom is 0.410 e. The topological polar surface area (TPSA) is 99.8 Å². The van der Waals surface area contributed by atoms with E-state index in [4.69, 9.17) is 4.74 Å². The number of ether oxygens (including phenoxy) is 1. The highest BCUT2D eigenvalue weighted by molar-refractivity contribution is 5.81. The first-order chi connectivity index (χ1) is 19.7. The number of hydrogen-bond acceptors (Lipinski definition) is 5. The second kappa shape index (κ2) is 12.6. The lowest BCUT2D eigenvalue weighted by Crippen LogP contribution is -2.51. The van der Waals surface area contributed by atoms with Crippen molar-refractivity contribution >= 4 is 17.9 Å². The first-order valence-corrected chi connectivity index (χ1v) is 15.1. The van der Waals surface area contributed by atoms with Crippen LogP contribution in [0.3, 0.4) is 0 Å². The Morgan fingerprint density at radius 3 is 1.93 bits per heavy atom. The molecule has 4 aliphatic rings. The van der Waals surface area contributed by atoms with Crippen LogP contribution in [0.5, 0.6) is 0 Å². The number of carbonyl (C=O) groups is 3. The van der Waals surface area contributed by atoms with E-state index in [9.17, 15) is 14.4 Å². The van der Waals surface area contributed by atoms with Crippen molar-refractivity contribution in [2.24, 2.45) is 11.8 Å². The van der Waals surface area contributed by atoms with Crippen molar-refractivity contribution in [1.82, 2.24) is 20.9 Å². The summed E-state index contributed by atoms with van der Waals surface area (Å²) < 4.78 is 5.56. The van der Waals surface area contributed by atoms with E-state index in [2.05, 4.69) is 46.3 Å². The van der Waals surface area contributed by atoms with Gasteiger partial charge in [-0.05, 0) is 81.5 Å². The van der Waals surface area contributed by atoms with Crippen LogP contribution in [0, 0.1) is 11.8 Å². The van der Waals surface area contributed by atoms with Gasteiger partial charge in [0.05, 0.1) is 6.04 Å². The molecule has 2 heterocycles. The number of benzene rings is 2. The van der Waals surface area contributed by atoms with Gasteiger partial charge in [-0.25, -0.2) is 4.79 Å². The predicted molar refractivity (Wildman–Crippen MR) is 158 cm³/mol. The first kappa shape index (κ1) is 29.1. The molecule has 0 aromatic heterocycles. The van der Waals surface area contributed by atoms with Crippen molar-refractivity contribution in [1.29, 1.82) is 0 Å². The zero-order valence-corrected chi connectivity index (χ0v) is 24.6. The molecule has 2 aromatic carbocycles. The molecule has 2 fully saturated rings. The molecule has 0 saturated heterocycles. The molecule has 3 N–H and O–H groups in total. The van der Waals surface area contributed by atoms with Crippen molar-refractivity contribution in [2.75, 3.05) is 13.1 Å². The van der Waals surface area contributed by atoms with Gasteiger partial charge in [0.25, 0.3) is 0 Å². The number of hydrogen-bond donors (Lipinski definition) is 3. The lowest BCUT2D eigenvalue weighted by molar-refractivity contribution is -0.123. The van der Waals surface area contributed by atoms with Crippen LogP contribution in [0.2, 0.25) is 0 Å². The predicted octanol–water partition coefficient (Wildman–Crippen LogP) is 4.10. The van der Waals surface area contributed by atoms with Gasteiger partial charge in [0, 0.05) is 44.1 Å². The fourth-order valence-electron chi connectivity index (χ4n) is 5.39. The van der Waals surface area contributed by atoms with Crippen molar-refractivity contribution < 1.29 is 19.1 Å². The summed E-state index contributed by atoms with van der Waals surface area (Å²) in [6.45, 7) is 8.27. The monoisotopic (exact) mass is 560 g/mol. The molecule has 2 aromatic rings. The van der Waals surface area contributed by atoms with E-state index in [1.807, 2.05) is 39.0 Å². The highest BCUT2D eigenvalue weighted by Crippen LogP contribution is 2.30. The number of nitrogens with zero attached hydrogens (tertiary/aromatic N) is 1.